The van der Waals surface area contributed by atoms with Crippen molar-refractivity contribution in [2.24, 2.45) is 0 Å². The van der Waals surface area contributed by atoms with Crippen LogP contribution < -0.4 is 5.32 Å². The molecule has 0 saturated carbocycles. The van der Waals surface area contributed by atoms with Crippen LogP contribution in [0, 0.1) is 19.7 Å². The van der Waals surface area contributed by atoms with Crippen LogP contribution in [0.1, 0.15) is 11.5 Å². The summed E-state index contributed by atoms with van der Waals surface area (Å²) >= 11 is 1.25. The van der Waals surface area contributed by atoms with Crippen LogP contribution in [0.15, 0.2) is 35.5 Å². The average Bonchev–Trinajstić information content (AvgIpc) is 2.88. The Morgan fingerprint density at radius 1 is 1.30 bits per heavy atom. The van der Waals surface area contributed by atoms with Crippen LogP contribution >= 0.6 is 11.8 Å². The van der Waals surface area contributed by atoms with Crippen molar-refractivity contribution in [3.63, 3.8) is 0 Å². The number of nitrogens with zero attached hydrogens (tertiary/aromatic N) is 4. The molecule has 1 aromatic carbocycles. The van der Waals surface area contributed by atoms with Crippen LogP contribution in [0.3, 0.4) is 0 Å². The molecule has 0 fully saturated rings. The molecule has 3 rings (SSSR count). The maximum Gasteiger partial charge on any atom is 0.234 e. The van der Waals surface area contributed by atoms with Gasteiger partial charge >= 0.3 is 0 Å². The third-order valence-electron chi connectivity index (χ3n) is 3.10. The number of hydrogen-bond acceptors (Lipinski definition) is 5. The van der Waals surface area contributed by atoms with E-state index in [1.54, 1.807) is 16.5 Å². The zero-order chi connectivity index (χ0) is 16.4. The van der Waals surface area contributed by atoms with E-state index < -0.39 is 5.82 Å². The zero-order valence-corrected chi connectivity index (χ0v) is 13.4. The summed E-state index contributed by atoms with van der Waals surface area (Å²) in [5, 5.41) is 11.4. The highest BCUT2D eigenvalue weighted by molar-refractivity contribution is 7.99. The second kappa shape index (κ2) is 6.33. The Kier molecular flexibility index (Phi) is 4.24. The number of aromatic nitrogens is 4. The number of carbonyl (C=O) groups is 1. The van der Waals surface area contributed by atoms with Crippen LogP contribution in [0.2, 0.25) is 0 Å². The second-order valence-electron chi connectivity index (χ2n) is 4.97. The summed E-state index contributed by atoms with van der Waals surface area (Å²) in [6.07, 6.45) is 0. The van der Waals surface area contributed by atoms with Gasteiger partial charge in [0.2, 0.25) is 5.91 Å². The van der Waals surface area contributed by atoms with E-state index in [-0.39, 0.29) is 11.7 Å². The molecule has 2 aromatic heterocycles. The molecule has 0 aliphatic rings. The molecule has 0 bridgehead atoms. The van der Waals surface area contributed by atoms with Crippen LogP contribution in [0.4, 0.5) is 10.1 Å². The molecule has 1 N–H and O–H groups in total. The van der Waals surface area contributed by atoms with Gasteiger partial charge in [-0.05, 0) is 32.0 Å². The van der Waals surface area contributed by atoms with Crippen LogP contribution in [0.25, 0.3) is 5.65 Å². The van der Waals surface area contributed by atoms with E-state index in [0.29, 0.717) is 16.5 Å². The number of anilines is 1. The fourth-order valence-electron chi connectivity index (χ4n) is 2.19. The first-order valence-corrected chi connectivity index (χ1v) is 7.89. The van der Waals surface area contributed by atoms with Crippen LogP contribution in [-0.2, 0) is 4.79 Å². The summed E-state index contributed by atoms with van der Waals surface area (Å²) in [5.41, 5.74) is 1.99. The maximum absolute atomic E-state index is 13.1. The summed E-state index contributed by atoms with van der Waals surface area (Å²) < 4.78 is 14.9. The fourth-order valence-corrected chi connectivity index (χ4v) is 2.98. The van der Waals surface area contributed by atoms with E-state index in [9.17, 15) is 9.18 Å². The number of nitrogens with one attached hydrogen (secondary N) is 1. The highest BCUT2D eigenvalue weighted by Crippen LogP contribution is 2.19. The average molecular weight is 331 g/mol. The van der Waals surface area contributed by atoms with Gasteiger partial charge in [0, 0.05) is 17.4 Å². The van der Waals surface area contributed by atoms with Crippen molar-refractivity contribution in [1.82, 2.24) is 19.6 Å². The topological polar surface area (TPSA) is 72.2 Å². The van der Waals surface area contributed by atoms with E-state index in [4.69, 9.17) is 0 Å². The quantitative estimate of drug-likeness (QED) is 0.744. The van der Waals surface area contributed by atoms with Crippen LogP contribution in [-0.4, -0.2) is 31.2 Å². The third-order valence-corrected chi connectivity index (χ3v) is 4.03. The molecular formula is C15H14FN5OS. The van der Waals surface area contributed by atoms with Crippen molar-refractivity contribution in [3.8, 4) is 0 Å². The van der Waals surface area contributed by atoms with Crippen molar-refractivity contribution in [2.75, 3.05) is 11.1 Å². The highest BCUT2D eigenvalue weighted by Gasteiger charge is 2.12. The molecule has 0 saturated heterocycles. The van der Waals surface area contributed by atoms with Crippen molar-refractivity contribution in [2.45, 2.75) is 19.0 Å². The normalized spacial score (nSPS) is 10.9. The molecule has 0 aliphatic carbocycles. The van der Waals surface area contributed by atoms with Gasteiger partial charge in [-0.15, -0.1) is 10.2 Å². The Labute approximate surface area is 136 Å². The first-order valence-electron chi connectivity index (χ1n) is 6.90. The summed E-state index contributed by atoms with van der Waals surface area (Å²) in [6.45, 7) is 3.75. The molecule has 0 aliphatic heterocycles. The molecule has 0 spiro atoms. The van der Waals surface area contributed by atoms with Gasteiger partial charge in [0.25, 0.3) is 0 Å². The van der Waals surface area contributed by atoms with Crippen molar-refractivity contribution >= 4 is 29.0 Å². The predicted octanol–water partition coefficient (Wildman–Crippen LogP) is 2.61. The van der Waals surface area contributed by atoms with Gasteiger partial charge in [0.05, 0.1) is 5.75 Å². The summed E-state index contributed by atoms with van der Waals surface area (Å²) in [4.78, 5) is 16.3. The number of halogens is 1. The zero-order valence-electron chi connectivity index (χ0n) is 12.6. The van der Waals surface area contributed by atoms with E-state index >= 15 is 0 Å². The molecule has 2 heterocycles. The van der Waals surface area contributed by atoms with Crippen molar-refractivity contribution < 1.29 is 9.18 Å². The van der Waals surface area contributed by atoms with Crippen molar-refractivity contribution in [3.05, 3.63) is 47.7 Å². The molecule has 0 unspecified atom stereocenters. The molecule has 6 nitrogen and oxygen atoms in total. The van der Waals surface area contributed by atoms with Crippen LogP contribution in [0.5, 0.6) is 0 Å². The Hall–Kier alpha value is -2.48. The number of aryl methyl sites for hydroxylation is 2. The van der Waals surface area contributed by atoms with E-state index in [0.717, 1.165) is 11.5 Å². The van der Waals surface area contributed by atoms with Gasteiger partial charge < -0.3 is 5.32 Å². The summed E-state index contributed by atoms with van der Waals surface area (Å²) in [7, 11) is 0. The largest absolute Gasteiger partial charge is 0.325 e. The fraction of sp³-hybridized carbons (Fsp3) is 0.200. The molecule has 0 radical (unpaired) electrons. The monoisotopic (exact) mass is 331 g/mol. The van der Waals surface area contributed by atoms with Gasteiger partial charge in [0.15, 0.2) is 10.8 Å². The second-order valence-corrected chi connectivity index (χ2v) is 5.91. The van der Waals surface area contributed by atoms with Crippen molar-refractivity contribution in [1.29, 1.82) is 0 Å². The lowest BCUT2D eigenvalue weighted by molar-refractivity contribution is -0.113. The number of fused-ring (bicyclic) bond motifs is 1. The minimum absolute atomic E-state index is 0.143. The lowest BCUT2D eigenvalue weighted by atomic mass is 10.3. The Morgan fingerprint density at radius 2 is 2.13 bits per heavy atom. The molecule has 23 heavy (non-hydrogen) atoms. The Bertz CT molecular complexity index is 879. The SMILES string of the molecule is Cc1cc2nnc(SCC(=O)Nc3cccc(F)c3)n2c(C)n1. The molecule has 8 heteroatoms. The first-order chi connectivity index (χ1) is 11.0. The minimum Gasteiger partial charge on any atom is -0.325 e. The van der Waals surface area contributed by atoms with E-state index in [2.05, 4.69) is 20.5 Å². The maximum atomic E-state index is 13.1. The number of benzene rings is 1. The first kappa shape index (κ1) is 15.4. The number of amides is 1. The number of thioether (sulfide) groups is 1. The number of carbonyl (C=O) groups excluding carboxylic acids is 1. The molecule has 1 amide bonds. The Morgan fingerprint density at radius 3 is 2.91 bits per heavy atom. The highest BCUT2D eigenvalue weighted by atomic mass is 32.2. The predicted molar refractivity (Wildman–Crippen MR) is 86.0 cm³/mol. The van der Waals surface area contributed by atoms with Gasteiger partial charge in [-0.2, -0.15) is 0 Å². The third kappa shape index (κ3) is 3.48. The minimum atomic E-state index is -0.393. The Balaban J connectivity index is 1.70. The standard InChI is InChI=1S/C15H14FN5OS/c1-9-6-13-19-20-15(21(13)10(2)17-9)23-8-14(22)18-12-5-3-4-11(16)7-12/h3-7H,8H2,1-2H3,(H,18,22). The molecule has 3 aromatic rings. The lowest BCUT2D eigenvalue weighted by Crippen LogP contribution is -2.14. The molecule has 0 atom stereocenters. The van der Waals surface area contributed by atoms with Gasteiger partial charge in [0.1, 0.15) is 11.6 Å². The van der Waals surface area contributed by atoms with E-state index in [1.807, 2.05) is 19.9 Å². The number of hydrogen-bond donors (Lipinski definition) is 1. The number of rotatable bonds is 4. The van der Waals surface area contributed by atoms with E-state index in [1.165, 1.54) is 23.9 Å². The molecule has 118 valence electrons. The lowest BCUT2D eigenvalue weighted by Gasteiger charge is -2.05. The van der Waals surface area contributed by atoms with Gasteiger partial charge in [-0.3, -0.25) is 9.20 Å². The summed E-state index contributed by atoms with van der Waals surface area (Å²) in [6, 6.07) is 7.60. The smallest absolute Gasteiger partial charge is 0.234 e. The molecular weight excluding hydrogens is 317 g/mol. The van der Waals surface area contributed by atoms with Gasteiger partial charge in [-0.1, -0.05) is 17.8 Å². The van der Waals surface area contributed by atoms with Gasteiger partial charge in [-0.25, -0.2) is 9.37 Å². The summed E-state index contributed by atoms with van der Waals surface area (Å²) in [5.74, 6) is 0.272.